The lowest BCUT2D eigenvalue weighted by Crippen LogP contribution is -2.45. The van der Waals surface area contributed by atoms with Gasteiger partial charge < -0.3 is 10.6 Å². The number of nitrogens with two attached hydrogens (primary N) is 1. The Labute approximate surface area is 116 Å². The van der Waals surface area contributed by atoms with Crippen LogP contribution >= 0.6 is 0 Å². The highest BCUT2D eigenvalue weighted by Gasteiger charge is 2.41. The Morgan fingerprint density at radius 3 is 2.53 bits per heavy atom. The molecule has 3 unspecified atom stereocenters. The molecule has 1 saturated heterocycles. The fourth-order valence-corrected chi connectivity index (χ4v) is 4.48. The van der Waals surface area contributed by atoms with Crippen LogP contribution in [0.5, 0.6) is 0 Å². The van der Waals surface area contributed by atoms with Gasteiger partial charge in [0.1, 0.15) is 0 Å². The summed E-state index contributed by atoms with van der Waals surface area (Å²) in [6.07, 6.45) is 8.51. The average molecular weight is 264 g/mol. The number of likely N-dealkylation sites (tertiary alicyclic amines) is 1. The molecule has 2 N–H and O–H groups in total. The van der Waals surface area contributed by atoms with E-state index in [0.29, 0.717) is 11.8 Å². The molecule has 2 saturated carbocycles. The lowest BCUT2D eigenvalue weighted by atomic mass is 9.80. The van der Waals surface area contributed by atoms with Crippen LogP contribution in [0.25, 0.3) is 0 Å². The number of piperidine rings is 1. The third-order valence-electron chi connectivity index (χ3n) is 6.14. The van der Waals surface area contributed by atoms with Gasteiger partial charge in [0, 0.05) is 19.5 Å². The summed E-state index contributed by atoms with van der Waals surface area (Å²) in [4.78, 5) is 14.5. The Balaban J connectivity index is 1.49. The highest BCUT2D eigenvalue weighted by molar-refractivity contribution is 5.76. The van der Waals surface area contributed by atoms with Crippen molar-refractivity contribution in [2.75, 3.05) is 19.6 Å². The maximum atomic E-state index is 12.4. The molecule has 3 atom stereocenters. The molecule has 1 aliphatic heterocycles. The predicted octanol–water partition coefficient (Wildman–Crippen LogP) is 2.40. The van der Waals surface area contributed by atoms with Gasteiger partial charge in [-0.2, -0.15) is 0 Å². The molecule has 3 nitrogen and oxygen atoms in total. The molecule has 3 heteroatoms. The fourth-order valence-electron chi connectivity index (χ4n) is 4.48. The van der Waals surface area contributed by atoms with Crippen molar-refractivity contribution in [3.63, 3.8) is 0 Å². The zero-order chi connectivity index (χ0) is 13.5. The van der Waals surface area contributed by atoms with Crippen LogP contribution in [0.15, 0.2) is 0 Å². The summed E-state index contributed by atoms with van der Waals surface area (Å²) in [5.74, 6) is 2.93. The van der Waals surface area contributed by atoms with Crippen LogP contribution in [0.1, 0.15) is 51.9 Å². The maximum absolute atomic E-state index is 12.4. The summed E-state index contributed by atoms with van der Waals surface area (Å²) in [6.45, 7) is 4.85. The van der Waals surface area contributed by atoms with Crippen LogP contribution in [0, 0.1) is 23.2 Å². The summed E-state index contributed by atoms with van der Waals surface area (Å²) in [7, 11) is 0. The molecule has 0 spiro atoms. The minimum absolute atomic E-state index is 0.267. The molecular weight excluding hydrogens is 236 g/mol. The largest absolute Gasteiger partial charge is 0.343 e. The third-order valence-corrected chi connectivity index (χ3v) is 6.14. The molecule has 108 valence electrons. The average Bonchev–Trinajstić information content (AvgIpc) is 3.02. The molecule has 0 aromatic heterocycles. The van der Waals surface area contributed by atoms with Crippen LogP contribution in [-0.4, -0.2) is 30.4 Å². The maximum Gasteiger partial charge on any atom is 0.222 e. The highest BCUT2D eigenvalue weighted by Crippen LogP contribution is 2.49. The van der Waals surface area contributed by atoms with E-state index < -0.39 is 0 Å². The summed E-state index contributed by atoms with van der Waals surface area (Å²) in [5, 5.41) is 0. The van der Waals surface area contributed by atoms with E-state index in [1.165, 1.54) is 25.7 Å². The molecule has 2 aliphatic carbocycles. The number of carbonyl (C=O) groups is 1. The van der Waals surface area contributed by atoms with Crippen molar-refractivity contribution in [2.24, 2.45) is 28.9 Å². The molecular formula is C16H28N2O. The van der Waals surface area contributed by atoms with E-state index in [0.717, 1.165) is 50.7 Å². The van der Waals surface area contributed by atoms with Crippen LogP contribution in [-0.2, 0) is 4.79 Å². The Morgan fingerprint density at radius 2 is 2.00 bits per heavy atom. The van der Waals surface area contributed by atoms with Gasteiger partial charge >= 0.3 is 0 Å². The molecule has 3 rings (SSSR count). The molecule has 3 fully saturated rings. The van der Waals surface area contributed by atoms with E-state index in [9.17, 15) is 4.79 Å². The minimum Gasteiger partial charge on any atom is -0.343 e. The summed E-state index contributed by atoms with van der Waals surface area (Å²) in [6, 6.07) is 0. The number of nitrogens with zero attached hydrogens (tertiary/aromatic N) is 1. The van der Waals surface area contributed by atoms with Crippen molar-refractivity contribution in [1.29, 1.82) is 0 Å². The molecule has 0 radical (unpaired) electrons. The third kappa shape index (κ3) is 2.67. The number of carbonyl (C=O) groups excluding carboxylic acids is 1. The molecule has 1 amide bonds. The van der Waals surface area contributed by atoms with Gasteiger partial charge in [-0.25, -0.2) is 0 Å². The SMILES string of the molecule is CC1(CN)CCN(C(=O)CC2CC3CCC2C3)CC1. The number of fused-ring (bicyclic) bond motifs is 2. The second-order valence-electron chi connectivity index (χ2n) is 7.53. The standard InChI is InChI=1S/C16H28N2O/c1-16(11-17)4-6-18(7-5-16)15(19)10-14-9-12-2-3-13(14)8-12/h12-14H,2-11,17H2,1H3. The summed E-state index contributed by atoms with van der Waals surface area (Å²) >= 11 is 0. The normalized spacial score (nSPS) is 36.7. The van der Waals surface area contributed by atoms with Crippen molar-refractivity contribution >= 4 is 5.91 Å². The first kappa shape index (κ1) is 13.4. The predicted molar refractivity (Wildman–Crippen MR) is 76.5 cm³/mol. The fraction of sp³-hybridized carbons (Fsp3) is 0.938. The molecule has 2 bridgehead atoms. The minimum atomic E-state index is 0.267. The van der Waals surface area contributed by atoms with Crippen molar-refractivity contribution in [3.05, 3.63) is 0 Å². The Bertz CT molecular complexity index is 347. The molecule has 0 aromatic carbocycles. The van der Waals surface area contributed by atoms with Crippen molar-refractivity contribution < 1.29 is 4.79 Å². The van der Waals surface area contributed by atoms with Gasteiger partial charge in [0.05, 0.1) is 0 Å². The number of amides is 1. The van der Waals surface area contributed by atoms with Crippen LogP contribution in [0.2, 0.25) is 0 Å². The monoisotopic (exact) mass is 264 g/mol. The van der Waals surface area contributed by atoms with E-state index in [-0.39, 0.29) is 5.41 Å². The van der Waals surface area contributed by atoms with E-state index >= 15 is 0 Å². The first-order valence-corrected chi connectivity index (χ1v) is 8.07. The van der Waals surface area contributed by atoms with E-state index in [1.807, 2.05) is 0 Å². The summed E-state index contributed by atoms with van der Waals surface area (Å²) in [5.41, 5.74) is 6.10. The lowest BCUT2D eigenvalue weighted by molar-refractivity contribution is -0.134. The zero-order valence-corrected chi connectivity index (χ0v) is 12.2. The molecule has 3 aliphatic rings. The van der Waals surface area contributed by atoms with E-state index in [4.69, 9.17) is 5.73 Å². The molecule has 0 aromatic rings. The van der Waals surface area contributed by atoms with Crippen LogP contribution < -0.4 is 5.73 Å². The van der Waals surface area contributed by atoms with Gasteiger partial charge in [-0.3, -0.25) is 4.79 Å². The van der Waals surface area contributed by atoms with Gasteiger partial charge in [0.25, 0.3) is 0 Å². The summed E-state index contributed by atoms with van der Waals surface area (Å²) < 4.78 is 0. The molecule has 1 heterocycles. The van der Waals surface area contributed by atoms with Crippen molar-refractivity contribution in [2.45, 2.75) is 51.9 Å². The van der Waals surface area contributed by atoms with Crippen molar-refractivity contribution in [1.82, 2.24) is 4.90 Å². The Morgan fingerprint density at radius 1 is 1.26 bits per heavy atom. The van der Waals surface area contributed by atoms with E-state index in [2.05, 4.69) is 11.8 Å². The first-order chi connectivity index (χ1) is 9.09. The van der Waals surface area contributed by atoms with E-state index in [1.54, 1.807) is 0 Å². The first-order valence-electron chi connectivity index (χ1n) is 8.07. The topological polar surface area (TPSA) is 46.3 Å². The quantitative estimate of drug-likeness (QED) is 0.851. The highest BCUT2D eigenvalue weighted by atomic mass is 16.2. The zero-order valence-electron chi connectivity index (χ0n) is 12.2. The van der Waals surface area contributed by atoms with Gasteiger partial charge in [0.2, 0.25) is 5.91 Å². The van der Waals surface area contributed by atoms with Crippen molar-refractivity contribution in [3.8, 4) is 0 Å². The Hall–Kier alpha value is -0.570. The lowest BCUT2D eigenvalue weighted by Gasteiger charge is -2.39. The van der Waals surface area contributed by atoms with Crippen LogP contribution in [0.3, 0.4) is 0 Å². The number of hydrogen-bond acceptors (Lipinski definition) is 2. The van der Waals surface area contributed by atoms with Crippen LogP contribution in [0.4, 0.5) is 0 Å². The van der Waals surface area contributed by atoms with Gasteiger partial charge in [-0.1, -0.05) is 13.3 Å². The second-order valence-corrected chi connectivity index (χ2v) is 7.53. The smallest absolute Gasteiger partial charge is 0.222 e. The number of rotatable bonds is 3. The van der Waals surface area contributed by atoms with Gasteiger partial charge in [-0.05, 0) is 61.8 Å². The second kappa shape index (κ2) is 5.08. The van der Waals surface area contributed by atoms with Gasteiger partial charge in [0.15, 0.2) is 0 Å². The van der Waals surface area contributed by atoms with Gasteiger partial charge in [-0.15, -0.1) is 0 Å². The Kier molecular flexibility index (Phi) is 3.59. The molecule has 19 heavy (non-hydrogen) atoms. The number of hydrogen-bond donors (Lipinski definition) is 1.